The standard InChI is InChI=1S/C15H24BrNOS/c1-10(18)11(2)19-13-7-6-12(14(16)8-13)9-17-15(3,4)5/h6-8,10-11,17-18H,9H2,1-5H3. The van der Waals surface area contributed by atoms with Gasteiger partial charge in [-0.1, -0.05) is 28.9 Å². The molecule has 1 aromatic carbocycles. The quantitative estimate of drug-likeness (QED) is 0.784. The van der Waals surface area contributed by atoms with Crippen LogP contribution in [-0.2, 0) is 6.54 Å². The van der Waals surface area contributed by atoms with E-state index < -0.39 is 0 Å². The minimum atomic E-state index is -0.300. The maximum atomic E-state index is 9.54. The Morgan fingerprint density at radius 2 is 1.95 bits per heavy atom. The monoisotopic (exact) mass is 345 g/mol. The number of hydrogen-bond acceptors (Lipinski definition) is 3. The molecule has 0 amide bonds. The second-order valence-corrected chi connectivity index (χ2v) is 8.23. The van der Waals surface area contributed by atoms with E-state index >= 15 is 0 Å². The first-order chi connectivity index (χ1) is 8.69. The molecule has 2 N–H and O–H groups in total. The molecule has 0 radical (unpaired) electrons. The minimum Gasteiger partial charge on any atom is -0.392 e. The molecule has 0 aliphatic carbocycles. The Morgan fingerprint density at radius 1 is 1.32 bits per heavy atom. The zero-order valence-electron chi connectivity index (χ0n) is 12.3. The molecule has 4 heteroatoms. The molecule has 0 saturated carbocycles. The van der Waals surface area contributed by atoms with Crippen molar-refractivity contribution >= 4 is 27.7 Å². The highest BCUT2D eigenvalue weighted by Crippen LogP contribution is 2.29. The van der Waals surface area contributed by atoms with Gasteiger partial charge in [-0.15, -0.1) is 11.8 Å². The van der Waals surface area contributed by atoms with Gasteiger partial charge in [-0.3, -0.25) is 0 Å². The van der Waals surface area contributed by atoms with Crippen LogP contribution in [0.3, 0.4) is 0 Å². The molecule has 1 aromatic rings. The lowest BCUT2D eigenvalue weighted by atomic mass is 10.1. The van der Waals surface area contributed by atoms with E-state index in [-0.39, 0.29) is 16.9 Å². The zero-order chi connectivity index (χ0) is 14.6. The maximum Gasteiger partial charge on any atom is 0.0631 e. The van der Waals surface area contributed by atoms with Gasteiger partial charge in [0.2, 0.25) is 0 Å². The summed E-state index contributed by atoms with van der Waals surface area (Å²) in [7, 11) is 0. The van der Waals surface area contributed by atoms with Gasteiger partial charge in [0.05, 0.1) is 6.10 Å². The van der Waals surface area contributed by atoms with Crippen molar-refractivity contribution in [2.75, 3.05) is 0 Å². The first kappa shape index (κ1) is 17.0. The molecule has 0 aliphatic heterocycles. The summed E-state index contributed by atoms with van der Waals surface area (Å²) in [6, 6.07) is 6.39. The van der Waals surface area contributed by atoms with Gasteiger partial charge >= 0.3 is 0 Å². The minimum absolute atomic E-state index is 0.119. The topological polar surface area (TPSA) is 32.3 Å². The molecule has 0 aromatic heterocycles. The van der Waals surface area contributed by atoms with Gasteiger partial charge in [0, 0.05) is 26.7 Å². The molecule has 2 atom stereocenters. The van der Waals surface area contributed by atoms with Crippen molar-refractivity contribution in [1.82, 2.24) is 5.32 Å². The van der Waals surface area contributed by atoms with Crippen LogP contribution in [0.1, 0.15) is 40.2 Å². The number of halogens is 1. The van der Waals surface area contributed by atoms with E-state index in [1.807, 2.05) is 13.8 Å². The summed E-state index contributed by atoms with van der Waals surface area (Å²) in [5.41, 5.74) is 1.37. The number of benzene rings is 1. The third-order valence-corrected chi connectivity index (χ3v) is 4.86. The van der Waals surface area contributed by atoms with E-state index in [4.69, 9.17) is 0 Å². The van der Waals surface area contributed by atoms with E-state index in [1.54, 1.807) is 11.8 Å². The van der Waals surface area contributed by atoms with Crippen molar-refractivity contribution in [1.29, 1.82) is 0 Å². The van der Waals surface area contributed by atoms with E-state index in [2.05, 4.69) is 60.2 Å². The molecule has 0 saturated heterocycles. The lowest BCUT2D eigenvalue weighted by molar-refractivity contribution is 0.196. The largest absolute Gasteiger partial charge is 0.392 e. The van der Waals surface area contributed by atoms with Gasteiger partial charge in [0.1, 0.15) is 0 Å². The Morgan fingerprint density at radius 3 is 2.42 bits per heavy atom. The van der Waals surface area contributed by atoms with Crippen molar-refractivity contribution in [2.24, 2.45) is 0 Å². The highest BCUT2D eigenvalue weighted by molar-refractivity contribution is 9.10. The van der Waals surface area contributed by atoms with E-state index in [0.717, 1.165) is 11.0 Å². The highest BCUT2D eigenvalue weighted by Gasteiger charge is 2.13. The predicted molar refractivity (Wildman–Crippen MR) is 87.7 cm³/mol. The van der Waals surface area contributed by atoms with Crippen LogP contribution in [0.5, 0.6) is 0 Å². The van der Waals surface area contributed by atoms with E-state index in [0.29, 0.717) is 0 Å². The number of hydrogen-bond donors (Lipinski definition) is 2. The number of thioether (sulfide) groups is 1. The number of nitrogens with one attached hydrogen (secondary N) is 1. The Labute approximate surface area is 129 Å². The fourth-order valence-electron chi connectivity index (χ4n) is 1.42. The van der Waals surface area contributed by atoms with E-state index in [9.17, 15) is 5.11 Å². The summed E-state index contributed by atoms with van der Waals surface area (Å²) in [5.74, 6) is 0. The summed E-state index contributed by atoms with van der Waals surface area (Å²) < 4.78 is 1.12. The van der Waals surface area contributed by atoms with Crippen molar-refractivity contribution in [3.63, 3.8) is 0 Å². The Balaban J connectivity index is 2.69. The van der Waals surface area contributed by atoms with Crippen molar-refractivity contribution in [2.45, 2.75) is 63.0 Å². The first-order valence-corrected chi connectivity index (χ1v) is 8.24. The lowest BCUT2D eigenvalue weighted by Gasteiger charge is -2.21. The summed E-state index contributed by atoms with van der Waals surface area (Å²) in [6.07, 6.45) is -0.300. The molecule has 2 unspecified atom stereocenters. The summed E-state index contributed by atoms with van der Waals surface area (Å²) in [5, 5.41) is 13.2. The predicted octanol–water partition coefficient (Wildman–Crippen LogP) is 4.20. The van der Waals surface area contributed by atoms with Crippen LogP contribution >= 0.6 is 27.7 Å². The molecule has 108 valence electrons. The van der Waals surface area contributed by atoms with Crippen molar-refractivity contribution < 1.29 is 5.11 Å². The molecular formula is C15H24BrNOS. The molecule has 0 heterocycles. The maximum absolute atomic E-state index is 9.54. The average Bonchev–Trinajstić information content (AvgIpc) is 2.26. The van der Waals surface area contributed by atoms with Gasteiger partial charge in [-0.2, -0.15) is 0 Å². The average molecular weight is 346 g/mol. The number of aliphatic hydroxyl groups is 1. The normalized spacial score (nSPS) is 15.3. The van der Waals surface area contributed by atoms with Gasteiger partial charge in [-0.25, -0.2) is 0 Å². The second-order valence-electron chi connectivity index (χ2n) is 5.92. The van der Waals surface area contributed by atoms with Crippen LogP contribution in [0, 0.1) is 0 Å². The summed E-state index contributed by atoms with van der Waals surface area (Å²) in [4.78, 5) is 1.18. The summed E-state index contributed by atoms with van der Waals surface area (Å²) >= 11 is 5.32. The van der Waals surface area contributed by atoms with Gasteiger partial charge < -0.3 is 10.4 Å². The molecular weight excluding hydrogens is 322 g/mol. The first-order valence-electron chi connectivity index (χ1n) is 6.57. The highest BCUT2D eigenvalue weighted by atomic mass is 79.9. The third-order valence-electron chi connectivity index (χ3n) is 2.84. The van der Waals surface area contributed by atoms with Crippen LogP contribution in [0.15, 0.2) is 27.6 Å². The lowest BCUT2D eigenvalue weighted by Crippen LogP contribution is -2.35. The Kier molecular flexibility index (Phi) is 6.37. The molecule has 0 bridgehead atoms. The van der Waals surface area contributed by atoms with Crippen LogP contribution in [0.25, 0.3) is 0 Å². The van der Waals surface area contributed by atoms with Crippen molar-refractivity contribution in [3.8, 4) is 0 Å². The Hall–Kier alpha value is -0.0300. The number of aliphatic hydroxyl groups excluding tert-OH is 1. The van der Waals surface area contributed by atoms with Crippen LogP contribution in [0.2, 0.25) is 0 Å². The second kappa shape index (κ2) is 7.11. The van der Waals surface area contributed by atoms with Gasteiger partial charge in [0.25, 0.3) is 0 Å². The molecule has 0 aliphatic rings. The fraction of sp³-hybridized carbons (Fsp3) is 0.600. The van der Waals surface area contributed by atoms with Crippen LogP contribution in [0.4, 0.5) is 0 Å². The van der Waals surface area contributed by atoms with Crippen LogP contribution in [-0.4, -0.2) is 22.0 Å². The van der Waals surface area contributed by atoms with E-state index in [1.165, 1.54) is 10.5 Å². The van der Waals surface area contributed by atoms with Crippen LogP contribution < -0.4 is 5.32 Å². The molecule has 2 nitrogen and oxygen atoms in total. The molecule has 1 rings (SSSR count). The number of rotatable bonds is 5. The SMILES string of the molecule is CC(O)C(C)Sc1ccc(CNC(C)(C)C)c(Br)c1. The van der Waals surface area contributed by atoms with Gasteiger partial charge in [0.15, 0.2) is 0 Å². The third kappa shape index (κ3) is 6.30. The smallest absolute Gasteiger partial charge is 0.0631 e. The molecule has 0 spiro atoms. The van der Waals surface area contributed by atoms with Crippen molar-refractivity contribution in [3.05, 3.63) is 28.2 Å². The summed E-state index contributed by atoms with van der Waals surface area (Å²) in [6.45, 7) is 11.2. The Bertz CT molecular complexity index is 415. The fourth-order valence-corrected chi connectivity index (χ4v) is 3.05. The zero-order valence-corrected chi connectivity index (χ0v) is 14.7. The molecule has 0 fully saturated rings. The molecule has 19 heavy (non-hydrogen) atoms. The van der Waals surface area contributed by atoms with Gasteiger partial charge in [-0.05, 0) is 45.4 Å².